The molecule has 0 aromatic carbocycles. The number of rotatable bonds is 4. The van der Waals surface area contributed by atoms with Gasteiger partial charge in [0.1, 0.15) is 4.83 Å². The topological polar surface area (TPSA) is 17.3 Å². The molecule has 0 saturated heterocycles. The summed E-state index contributed by atoms with van der Waals surface area (Å²) in [5, 5.41) is 4.37. The van der Waals surface area contributed by atoms with E-state index in [0.717, 1.165) is 22.4 Å². The first kappa shape index (κ1) is 12.8. The van der Waals surface area contributed by atoms with E-state index in [1.807, 2.05) is 23.7 Å². The lowest BCUT2D eigenvalue weighted by Gasteiger charge is -2.02. The van der Waals surface area contributed by atoms with E-state index in [9.17, 15) is 0 Å². The van der Waals surface area contributed by atoms with Gasteiger partial charge in [-0.2, -0.15) is 5.10 Å². The van der Waals surface area contributed by atoms with Crippen molar-refractivity contribution in [3.63, 3.8) is 0 Å². The number of aromatic nitrogens is 2. The zero-order chi connectivity index (χ0) is 13.3. The van der Waals surface area contributed by atoms with Crippen molar-refractivity contribution in [1.82, 2.24) is 9.61 Å². The third kappa shape index (κ3) is 2.06. The number of allylic oxidation sites excluding steroid dienone is 4. The molecule has 0 unspecified atom stereocenters. The van der Waals surface area contributed by atoms with Crippen LogP contribution >= 0.6 is 11.3 Å². The molecule has 2 aromatic rings. The highest BCUT2D eigenvalue weighted by Gasteiger charge is 2.11. The molecule has 0 aliphatic rings. The molecule has 0 bridgehead atoms. The van der Waals surface area contributed by atoms with Crippen molar-refractivity contribution < 1.29 is 0 Å². The van der Waals surface area contributed by atoms with Gasteiger partial charge in [-0.25, -0.2) is 4.52 Å². The Balaban J connectivity index is 2.60. The average molecular weight is 258 g/mol. The molecule has 0 aliphatic heterocycles. The van der Waals surface area contributed by atoms with Crippen molar-refractivity contribution >= 4 is 27.3 Å². The molecule has 2 nitrogen and oxygen atoms in total. The lowest BCUT2D eigenvalue weighted by molar-refractivity contribution is 0.975. The maximum absolute atomic E-state index is 4.37. The quantitative estimate of drug-likeness (QED) is 0.720. The van der Waals surface area contributed by atoms with Gasteiger partial charge in [0.2, 0.25) is 0 Å². The first-order chi connectivity index (χ1) is 8.58. The van der Waals surface area contributed by atoms with Crippen molar-refractivity contribution in [3.05, 3.63) is 47.6 Å². The van der Waals surface area contributed by atoms with Gasteiger partial charge in [-0.3, -0.25) is 0 Å². The monoisotopic (exact) mass is 258 g/mol. The molecule has 0 aliphatic carbocycles. The Kier molecular flexibility index (Phi) is 3.53. The molecule has 94 valence electrons. The van der Waals surface area contributed by atoms with Crippen LogP contribution in [0.5, 0.6) is 0 Å². The van der Waals surface area contributed by atoms with Gasteiger partial charge in [0.05, 0.1) is 11.1 Å². The van der Waals surface area contributed by atoms with E-state index < -0.39 is 0 Å². The molecule has 2 aromatic heterocycles. The average Bonchev–Trinajstić information content (AvgIpc) is 2.88. The van der Waals surface area contributed by atoms with E-state index >= 15 is 0 Å². The van der Waals surface area contributed by atoms with Crippen LogP contribution in [0.4, 0.5) is 0 Å². The molecular formula is C15H18N2S. The highest BCUT2D eigenvalue weighted by Crippen LogP contribution is 2.32. The van der Waals surface area contributed by atoms with Crippen molar-refractivity contribution in [2.24, 2.45) is 0 Å². The third-order valence-electron chi connectivity index (χ3n) is 3.12. The van der Waals surface area contributed by atoms with Crippen LogP contribution in [0.1, 0.15) is 37.6 Å². The van der Waals surface area contributed by atoms with E-state index in [1.165, 1.54) is 16.0 Å². The normalized spacial score (nSPS) is 12.6. The number of hydrogen-bond donors (Lipinski definition) is 0. The van der Waals surface area contributed by atoms with Crippen molar-refractivity contribution in [2.75, 3.05) is 0 Å². The third-order valence-corrected chi connectivity index (χ3v) is 4.26. The maximum Gasteiger partial charge on any atom is 0.127 e. The minimum absolute atomic E-state index is 1.04. The molecular weight excluding hydrogens is 240 g/mol. The second-order valence-electron chi connectivity index (χ2n) is 4.44. The fourth-order valence-electron chi connectivity index (χ4n) is 1.88. The zero-order valence-electron chi connectivity index (χ0n) is 11.2. The summed E-state index contributed by atoms with van der Waals surface area (Å²) in [6.07, 6.45) is 6.92. The van der Waals surface area contributed by atoms with E-state index in [4.69, 9.17) is 0 Å². The largest absolute Gasteiger partial charge is 0.229 e. The molecule has 0 amide bonds. The molecule has 18 heavy (non-hydrogen) atoms. The first-order valence-electron chi connectivity index (χ1n) is 6.04. The van der Waals surface area contributed by atoms with Crippen LogP contribution in [0.25, 0.3) is 16.0 Å². The summed E-state index contributed by atoms with van der Waals surface area (Å²) in [5.74, 6) is 0. The Labute approximate surface area is 112 Å². The molecule has 0 radical (unpaired) electrons. The van der Waals surface area contributed by atoms with Crippen LogP contribution in [-0.4, -0.2) is 9.61 Å². The van der Waals surface area contributed by atoms with Crippen LogP contribution in [0.2, 0.25) is 0 Å². The van der Waals surface area contributed by atoms with Gasteiger partial charge in [-0.15, -0.1) is 11.3 Å². The summed E-state index contributed by atoms with van der Waals surface area (Å²) in [6, 6.07) is 0. The van der Waals surface area contributed by atoms with Gasteiger partial charge in [-0.1, -0.05) is 31.7 Å². The van der Waals surface area contributed by atoms with Crippen LogP contribution in [0.3, 0.4) is 0 Å². The summed E-state index contributed by atoms with van der Waals surface area (Å²) in [5.41, 5.74) is 4.76. The van der Waals surface area contributed by atoms with E-state index in [1.54, 1.807) is 11.3 Å². The van der Waals surface area contributed by atoms with Crippen LogP contribution < -0.4 is 0 Å². The summed E-state index contributed by atoms with van der Waals surface area (Å²) in [6.45, 7) is 14.2. The van der Waals surface area contributed by atoms with Crippen LogP contribution in [-0.2, 0) is 0 Å². The number of thiazole rings is 1. The second-order valence-corrected chi connectivity index (χ2v) is 5.47. The molecule has 0 spiro atoms. The number of nitrogens with zero attached hydrogens (tertiary/aromatic N) is 2. The predicted octanol–water partition coefficient (Wildman–Crippen LogP) is 4.80. The number of fused-ring (bicyclic) bond motifs is 1. The minimum Gasteiger partial charge on any atom is -0.229 e. The molecule has 2 rings (SSSR count). The van der Waals surface area contributed by atoms with Gasteiger partial charge in [0.15, 0.2) is 0 Å². The fourth-order valence-corrected chi connectivity index (χ4v) is 3.14. The summed E-state index contributed by atoms with van der Waals surface area (Å²) in [7, 11) is 0. The van der Waals surface area contributed by atoms with Gasteiger partial charge in [-0.05, 0) is 31.4 Å². The Hall–Kier alpha value is -1.61. The van der Waals surface area contributed by atoms with Gasteiger partial charge < -0.3 is 0 Å². The molecule has 2 heterocycles. The summed E-state index contributed by atoms with van der Waals surface area (Å²) >= 11 is 1.75. The van der Waals surface area contributed by atoms with Crippen LogP contribution in [0, 0.1) is 0 Å². The minimum atomic E-state index is 1.04. The summed E-state index contributed by atoms with van der Waals surface area (Å²) in [4.78, 5) is 2.37. The molecule has 0 N–H and O–H groups in total. The van der Waals surface area contributed by atoms with Crippen molar-refractivity contribution in [1.29, 1.82) is 0 Å². The van der Waals surface area contributed by atoms with Crippen molar-refractivity contribution in [2.45, 2.75) is 27.2 Å². The molecule has 3 heteroatoms. The summed E-state index contributed by atoms with van der Waals surface area (Å²) < 4.78 is 1.93. The Morgan fingerprint density at radius 1 is 1.50 bits per heavy atom. The zero-order valence-corrected chi connectivity index (χ0v) is 12.0. The highest BCUT2D eigenvalue weighted by molar-refractivity contribution is 7.18. The van der Waals surface area contributed by atoms with E-state index in [2.05, 4.69) is 38.3 Å². The highest BCUT2D eigenvalue weighted by atomic mass is 32.1. The maximum atomic E-state index is 4.37. The second kappa shape index (κ2) is 4.94. The van der Waals surface area contributed by atoms with Gasteiger partial charge in [0, 0.05) is 11.8 Å². The SMILES string of the molecule is C=C/C(=C(\C)CC)c1cn2ncc(C(=C)C)c2s1. The van der Waals surface area contributed by atoms with E-state index in [-0.39, 0.29) is 0 Å². The lowest BCUT2D eigenvalue weighted by Crippen LogP contribution is -1.83. The molecule has 0 fully saturated rings. The van der Waals surface area contributed by atoms with E-state index in [0.29, 0.717) is 0 Å². The molecule has 0 atom stereocenters. The Morgan fingerprint density at radius 2 is 2.22 bits per heavy atom. The first-order valence-corrected chi connectivity index (χ1v) is 6.85. The van der Waals surface area contributed by atoms with Crippen molar-refractivity contribution in [3.8, 4) is 0 Å². The lowest BCUT2D eigenvalue weighted by atomic mass is 10.1. The Bertz CT molecular complexity index is 641. The number of hydrogen-bond acceptors (Lipinski definition) is 2. The standard InChI is InChI=1S/C15H18N2S/c1-6-11(5)12(7-2)14-9-17-15(18-14)13(8-16-17)10(3)4/h7-9H,2-3,6H2,1,4-5H3/b12-11-. The fraction of sp³-hybridized carbons (Fsp3) is 0.267. The smallest absolute Gasteiger partial charge is 0.127 e. The molecule has 0 saturated carbocycles. The Morgan fingerprint density at radius 3 is 2.78 bits per heavy atom. The van der Waals surface area contributed by atoms with Crippen LogP contribution in [0.15, 0.2) is 37.2 Å². The van der Waals surface area contributed by atoms with Gasteiger partial charge >= 0.3 is 0 Å². The van der Waals surface area contributed by atoms with Gasteiger partial charge in [0.25, 0.3) is 0 Å². The predicted molar refractivity (Wildman–Crippen MR) is 80.9 cm³/mol.